The van der Waals surface area contributed by atoms with E-state index in [4.69, 9.17) is 11.6 Å². The van der Waals surface area contributed by atoms with Crippen LogP contribution in [0.2, 0.25) is 0 Å². The zero-order valence-electron chi connectivity index (χ0n) is 10.8. The molecule has 0 amide bonds. The Hall–Kier alpha value is -0.830. The minimum Gasteiger partial charge on any atom is -0.245 e. The van der Waals surface area contributed by atoms with Crippen LogP contribution in [0, 0.1) is 5.41 Å². The minimum atomic E-state index is 0.124. The third kappa shape index (κ3) is 2.89. The number of hydrogen-bond donors (Lipinski definition) is 0. The lowest BCUT2D eigenvalue weighted by atomic mass is 9.76. The number of halogens is 1. The molecular formula is C13H20ClN3. The van der Waals surface area contributed by atoms with E-state index in [-0.39, 0.29) is 10.8 Å². The topological polar surface area (TPSA) is 30.7 Å². The summed E-state index contributed by atoms with van der Waals surface area (Å²) in [6, 6.07) is 0. The second kappa shape index (κ2) is 4.81. The van der Waals surface area contributed by atoms with Gasteiger partial charge in [-0.25, -0.2) is 4.68 Å². The molecule has 1 aromatic heterocycles. The summed E-state index contributed by atoms with van der Waals surface area (Å²) in [7, 11) is 0. The summed E-state index contributed by atoms with van der Waals surface area (Å²) < 4.78 is 1.98. The van der Waals surface area contributed by atoms with Crippen molar-refractivity contribution in [3.05, 3.63) is 18.0 Å². The van der Waals surface area contributed by atoms with Crippen molar-refractivity contribution in [2.75, 3.05) is 0 Å². The molecule has 1 unspecified atom stereocenters. The molecule has 0 radical (unpaired) electrons. The van der Waals surface area contributed by atoms with Gasteiger partial charge < -0.3 is 0 Å². The molecule has 1 aliphatic carbocycles. The molecule has 2 rings (SSSR count). The van der Waals surface area contributed by atoms with Crippen molar-refractivity contribution in [1.29, 1.82) is 0 Å². The van der Waals surface area contributed by atoms with Crippen molar-refractivity contribution in [3.8, 4) is 0 Å². The number of aromatic nitrogens is 3. The van der Waals surface area contributed by atoms with Crippen LogP contribution in [0.15, 0.2) is 12.3 Å². The Labute approximate surface area is 108 Å². The van der Waals surface area contributed by atoms with Gasteiger partial charge in [-0.2, -0.15) is 0 Å². The van der Waals surface area contributed by atoms with Crippen molar-refractivity contribution >= 4 is 17.2 Å². The lowest BCUT2D eigenvalue weighted by Gasteiger charge is -2.32. The Morgan fingerprint density at radius 3 is 2.94 bits per heavy atom. The molecule has 1 aliphatic rings. The molecule has 0 fully saturated rings. The Morgan fingerprint density at radius 2 is 2.29 bits per heavy atom. The molecule has 0 aliphatic heterocycles. The number of rotatable bonds is 3. The fraction of sp³-hybridized carbons (Fsp3) is 0.692. The lowest BCUT2D eigenvalue weighted by molar-refractivity contribution is 0.339. The number of aryl methyl sites for hydroxylation is 1. The van der Waals surface area contributed by atoms with Gasteiger partial charge in [-0.05, 0) is 30.3 Å². The van der Waals surface area contributed by atoms with Crippen LogP contribution in [-0.2, 0) is 6.54 Å². The smallest absolute Gasteiger partial charge is 0.0842 e. The largest absolute Gasteiger partial charge is 0.245 e. The average molecular weight is 254 g/mol. The van der Waals surface area contributed by atoms with E-state index in [1.807, 2.05) is 10.9 Å². The molecule has 94 valence electrons. The van der Waals surface area contributed by atoms with E-state index in [1.165, 1.54) is 5.57 Å². The Morgan fingerprint density at radius 1 is 1.53 bits per heavy atom. The van der Waals surface area contributed by atoms with Gasteiger partial charge in [-0.3, -0.25) is 0 Å². The Bertz CT molecular complexity index is 420. The lowest BCUT2D eigenvalue weighted by Crippen LogP contribution is -2.22. The van der Waals surface area contributed by atoms with Crippen molar-refractivity contribution in [2.45, 2.75) is 52.0 Å². The minimum absolute atomic E-state index is 0.124. The Balaban J connectivity index is 2.29. The van der Waals surface area contributed by atoms with E-state index in [9.17, 15) is 0 Å². The second-order valence-electron chi connectivity index (χ2n) is 5.60. The van der Waals surface area contributed by atoms with Gasteiger partial charge >= 0.3 is 0 Å². The maximum Gasteiger partial charge on any atom is 0.0842 e. The molecule has 0 N–H and O–H groups in total. The standard InChI is InChI=1S/C13H20ClN3/c1-4-5-17-12(9-15-16-17)10-6-11(14)8-13(2,3)7-10/h6,9,11H,4-5,7-8H2,1-3H3. The zero-order valence-corrected chi connectivity index (χ0v) is 11.5. The summed E-state index contributed by atoms with van der Waals surface area (Å²) in [6.45, 7) is 7.60. The molecular weight excluding hydrogens is 234 g/mol. The zero-order chi connectivity index (χ0) is 12.5. The first-order chi connectivity index (χ1) is 8.02. The summed E-state index contributed by atoms with van der Waals surface area (Å²) in [5.74, 6) is 0. The highest BCUT2D eigenvalue weighted by atomic mass is 35.5. The van der Waals surface area contributed by atoms with Crippen LogP contribution in [0.25, 0.3) is 5.57 Å². The molecule has 1 aromatic rings. The van der Waals surface area contributed by atoms with Crippen molar-refractivity contribution in [1.82, 2.24) is 15.0 Å². The van der Waals surface area contributed by atoms with E-state index in [0.29, 0.717) is 0 Å². The van der Waals surface area contributed by atoms with E-state index in [0.717, 1.165) is 31.5 Å². The molecule has 0 saturated heterocycles. The van der Waals surface area contributed by atoms with Crippen LogP contribution >= 0.6 is 11.6 Å². The first kappa shape index (κ1) is 12.6. The Kier molecular flexibility index (Phi) is 3.57. The van der Waals surface area contributed by atoms with Gasteiger partial charge in [-0.15, -0.1) is 16.7 Å². The SMILES string of the molecule is CCCn1nncc1C1=CC(Cl)CC(C)(C)C1. The fourth-order valence-corrected chi connectivity index (χ4v) is 3.08. The second-order valence-corrected chi connectivity index (χ2v) is 6.16. The molecule has 17 heavy (non-hydrogen) atoms. The molecule has 0 aromatic carbocycles. The van der Waals surface area contributed by atoms with Gasteiger partial charge in [0.1, 0.15) is 0 Å². The molecule has 3 nitrogen and oxygen atoms in total. The van der Waals surface area contributed by atoms with Crippen LogP contribution in [0.3, 0.4) is 0 Å². The summed E-state index contributed by atoms with van der Waals surface area (Å²) in [5, 5.41) is 8.28. The first-order valence-corrected chi connectivity index (χ1v) is 6.69. The normalized spacial score (nSPS) is 23.5. The van der Waals surface area contributed by atoms with Gasteiger partial charge in [0.05, 0.1) is 17.3 Å². The molecule has 4 heteroatoms. The highest BCUT2D eigenvalue weighted by Crippen LogP contribution is 2.40. The highest BCUT2D eigenvalue weighted by Gasteiger charge is 2.29. The van der Waals surface area contributed by atoms with E-state index < -0.39 is 0 Å². The van der Waals surface area contributed by atoms with Crippen molar-refractivity contribution in [2.24, 2.45) is 5.41 Å². The van der Waals surface area contributed by atoms with Crippen molar-refractivity contribution < 1.29 is 0 Å². The number of hydrogen-bond acceptors (Lipinski definition) is 2. The molecule has 1 atom stereocenters. The molecule has 0 saturated carbocycles. The average Bonchev–Trinajstić information content (AvgIpc) is 2.63. The predicted molar refractivity (Wildman–Crippen MR) is 70.9 cm³/mol. The van der Waals surface area contributed by atoms with Crippen LogP contribution in [-0.4, -0.2) is 20.4 Å². The van der Waals surface area contributed by atoms with E-state index in [1.54, 1.807) is 0 Å². The highest BCUT2D eigenvalue weighted by molar-refractivity contribution is 6.22. The van der Waals surface area contributed by atoms with Gasteiger partial charge in [0.25, 0.3) is 0 Å². The molecule has 0 bridgehead atoms. The van der Waals surface area contributed by atoms with Crippen LogP contribution in [0.4, 0.5) is 0 Å². The van der Waals surface area contributed by atoms with Gasteiger partial charge in [0.15, 0.2) is 0 Å². The summed E-state index contributed by atoms with van der Waals surface area (Å²) in [4.78, 5) is 0. The quantitative estimate of drug-likeness (QED) is 0.772. The number of nitrogens with zero attached hydrogens (tertiary/aromatic N) is 3. The third-order valence-corrected chi connectivity index (χ3v) is 3.46. The van der Waals surface area contributed by atoms with Crippen LogP contribution in [0.5, 0.6) is 0 Å². The maximum atomic E-state index is 6.32. The molecule has 1 heterocycles. The van der Waals surface area contributed by atoms with Gasteiger partial charge in [-0.1, -0.05) is 32.1 Å². The number of allylic oxidation sites excluding steroid dienone is 2. The van der Waals surface area contributed by atoms with Crippen LogP contribution in [0.1, 0.15) is 45.7 Å². The van der Waals surface area contributed by atoms with Crippen LogP contribution < -0.4 is 0 Å². The summed E-state index contributed by atoms with van der Waals surface area (Å²) >= 11 is 6.32. The van der Waals surface area contributed by atoms with E-state index >= 15 is 0 Å². The summed E-state index contributed by atoms with van der Waals surface area (Å²) in [6.07, 6.45) is 7.17. The van der Waals surface area contributed by atoms with Gasteiger partial charge in [0.2, 0.25) is 0 Å². The van der Waals surface area contributed by atoms with E-state index in [2.05, 4.69) is 37.2 Å². The van der Waals surface area contributed by atoms with Gasteiger partial charge in [0, 0.05) is 6.54 Å². The fourth-order valence-electron chi connectivity index (χ4n) is 2.51. The first-order valence-electron chi connectivity index (χ1n) is 6.25. The van der Waals surface area contributed by atoms with Crippen molar-refractivity contribution in [3.63, 3.8) is 0 Å². The monoisotopic (exact) mass is 253 g/mol. The molecule has 0 spiro atoms. The third-order valence-electron chi connectivity index (χ3n) is 3.18. The summed E-state index contributed by atoms with van der Waals surface area (Å²) in [5.41, 5.74) is 2.68. The predicted octanol–water partition coefficient (Wildman–Crippen LogP) is 3.50. The number of alkyl halides is 1. The maximum absolute atomic E-state index is 6.32.